The SMILES string of the molecule is CN=C/C(Nc1ncc2ccc(N3C(=O)OC[C@@H]3C)cc2n1)=C(\N)C(F)F.[HH]. The number of nitrogens with two attached hydrogens (primary N) is 1. The van der Waals surface area contributed by atoms with E-state index in [0.29, 0.717) is 17.8 Å². The van der Waals surface area contributed by atoms with Crippen LogP contribution in [0.1, 0.15) is 8.35 Å². The molecule has 1 aromatic heterocycles. The summed E-state index contributed by atoms with van der Waals surface area (Å²) in [6.07, 6.45) is -0.559. The van der Waals surface area contributed by atoms with E-state index in [-0.39, 0.29) is 19.1 Å². The van der Waals surface area contributed by atoms with Crippen LogP contribution in [-0.4, -0.2) is 48.4 Å². The van der Waals surface area contributed by atoms with Crippen LogP contribution in [0.15, 0.2) is 40.8 Å². The summed E-state index contributed by atoms with van der Waals surface area (Å²) in [5.41, 5.74) is 5.82. The van der Waals surface area contributed by atoms with Gasteiger partial charge < -0.3 is 15.8 Å². The van der Waals surface area contributed by atoms with E-state index in [4.69, 9.17) is 10.5 Å². The second-order valence-corrected chi connectivity index (χ2v) is 5.91. The van der Waals surface area contributed by atoms with Crippen molar-refractivity contribution in [3.05, 3.63) is 35.8 Å². The van der Waals surface area contributed by atoms with Gasteiger partial charge in [0, 0.05) is 32.0 Å². The lowest BCUT2D eigenvalue weighted by molar-refractivity contribution is 0.179. The van der Waals surface area contributed by atoms with E-state index in [1.54, 1.807) is 24.4 Å². The topological polar surface area (TPSA) is 106 Å². The molecule has 10 heteroatoms. The van der Waals surface area contributed by atoms with Gasteiger partial charge in [0.05, 0.1) is 17.3 Å². The number of aromatic nitrogens is 2. The van der Waals surface area contributed by atoms with Crippen LogP contribution in [0.3, 0.4) is 0 Å². The van der Waals surface area contributed by atoms with Crippen LogP contribution in [0.2, 0.25) is 0 Å². The highest BCUT2D eigenvalue weighted by Gasteiger charge is 2.31. The quantitative estimate of drug-likeness (QED) is 0.775. The fourth-order valence-electron chi connectivity index (χ4n) is 2.64. The lowest BCUT2D eigenvalue weighted by Gasteiger charge is -2.18. The monoisotopic (exact) mass is 378 g/mol. The Bertz CT molecular complexity index is 937. The molecule has 1 aliphatic heterocycles. The van der Waals surface area contributed by atoms with Gasteiger partial charge in [-0.15, -0.1) is 0 Å². The maximum Gasteiger partial charge on any atom is 0.414 e. The molecule has 2 heterocycles. The number of alkyl halides is 2. The number of halogens is 2. The van der Waals surface area contributed by atoms with E-state index in [0.717, 1.165) is 5.39 Å². The number of fused-ring (bicyclic) bond motifs is 1. The van der Waals surface area contributed by atoms with Crippen LogP contribution in [0.5, 0.6) is 0 Å². The number of carbonyl (C=O) groups excluding carboxylic acids is 1. The van der Waals surface area contributed by atoms with Gasteiger partial charge in [0.1, 0.15) is 12.3 Å². The number of nitrogens with one attached hydrogen (secondary N) is 1. The number of cyclic esters (lactones) is 1. The van der Waals surface area contributed by atoms with Gasteiger partial charge in [0.15, 0.2) is 0 Å². The number of amides is 1. The largest absolute Gasteiger partial charge is 0.447 e. The van der Waals surface area contributed by atoms with Gasteiger partial charge in [-0.05, 0) is 25.1 Å². The third-order valence-electron chi connectivity index (χ3n) is 3.98. The highest BCUT2D eigenvalue weighted by Crippen LogP contribution is 2.26. The van der Waals surface area contributed by atoms with Crippen molar-refractivity contribution >= 4 is 34.8 Å². The van der Waals surface area contributed by atoms with Crippen LogP contribution < -0.4 is 16.0 Å². The molecule has 0 unspecified atom stereocenters. The van der Waals surface area contributed by atoms with E-state index in [2.05, 4.69) is 20.3 Å². The van der Waals surface area contributed by atoms with E-state index in [1.807, 2.05) is 6.92 Å². The maximum absolute atomic E-state index is 12.9. The Labute approximate surface area is 155 Å². The van der Waals surface area contributed by atoms with E-state index < -0.39 is 18.2 Å². The third kappa shape index (κ3) is 3.78. The summed E-state index contributed by atoms with van der Waals surface area (Å²) in [6, 6.07) is 5.14. The molecule has 1 atom stereocenters. The molecular weight excluding hydrogens is 358 g/mol. The summed E-state index contributed by atoms with van der Waals surface area (Å²) in [4.78, 5) is 25.6. The van der Waals surface area contributed by atoms with Crippen LogP contribution >= 0.6 is 0 Å². The van der Waals surface area contributed by atoms with Crippen molar-refractivity contribution in [1.82, 2.24) is 9.97 Å². The van der Waals surface area contributed by atoms with Crippen LogP contribution in [-0.2, 0) is 4.74 Å². The first-order valence-electron chi connectivity index (χ1n) is 8.10. The molecule has 1 saturated heterocycles. The highest BCUT2D eigenvalue weighted by atomic mass is 19.3. The van der Waals surface area contributed by atoms with E-state index >= 15 is 0 Å². The molecule has 3 N–H and O–H groups in total. The molecule has 0 spiro atoms. The first-order chi connectivity index (χ1) is 12.9. The van der Waals surface area contributed by atoms with Crippen molar-refractivity contribution in [3.63, 3.8) is 0 Å². The molecule has 0 radical (unpaired) electrons. The molecule has 144 valence electrons. The number of hydrogen-bond donors (Lipinski definition) is 2. The Hall–Kier alpha value is -3.30. The Morgan fingerprint density at radius 2 is 2.33 bits per heavy atom. The zero-order valence-corrected chi connectivity index (χ0v) is 14.7. The van der Waals surface area contributed by atoms with Gasteiger partial charge in [0.2, 0.25) is 5.95 Å². The molecule has 0 aliphatic carbocycles. The summed E-state index contributed by atoms with van der Waals surface area (Å²) >= 11 is 0. The Morgan fingerprint density at radius 1 is 1.56 bits per heavy atom. The van der Waals surface area contributed by atoms with Crippen molar-refractivity contribution in [2.24, 2.45) is 10.7 Å². The van der Waals surface area contributed by atoms with Gasteiger partial charge in [-0.2, -0.15) is 0 Å². The zero-order valence-electron chi connectivity index (χ0n) is 14.7. The molecule has 3 rings (SSSR count). The Kier molecular flexibility index (Phi) is 5.15. The minimum Gasteiger partial charge on any atom is -0.447 e. The Morgan fingerprint density at radius 3 is 2.96 bits per heavy atom. The normalized spacial score (nSPS) is 18.3. The fourth-order valence-corrected chi connectivity index (χ4v) is 2.64. The lowest BCUT2D eigenvalue weighted by Crippen LogP contribution is -2.30. The smallest absolute Gasteiger partial charge is 0.414 e. The van der Waals surface area contributed by atoms with Crippen LogP contribution in [0.25, 0.3) is 10.9 Å². The number of ether oxygens (including phenoxy) is 1. The van der Waals surface area contributed by atoms with Crippen molar-refractivity contribution in [1.29, 1.82) is 0 Å². The minimum atomic E-state index is -2.85. The summed E-state index contributed by atoms with van der Waals surface area (Å²) in [7, 11) is 1.43. The standard InChI is InChI=1S/C17H18F2N6O2.H2/c1-9-8-27-17(26)25(9)11-4-3-10-6-22-16(23-12(10)5-11)24-13(7-21-2)14(20)15(18)19;/h3-7,9,15H,8,20H2,1-2H3,(H,22,23,24);1H/b14-13+,21-7?;/t9-;/m0./s1. The second kappa shape index (κ2) is 7.52. The predicted molar refractivity (Wildman–Crippen MR) is 100 cm³/mol. The zero-order chi connectivity index (χ0) is 19.6. The molecule has 2 aromatic rings. The number of nitrogens with zero attached hydrogens (tertiary/aromatic N) is 4. The second-order valence-electron chi connectivity index (χ2n) is 5.91. The average molecular weight is 378 g/mol. The first kappa shape index (κ1) is 18.5. The molecule has 1 fully saturated rings. The molecule has 1 aromatic carbocycles. The number of rotatable bonds is 5. The number of allylic oxidation sites excluding steroid dienone is 2. The molecule has 8 nitrogen and oxygen atoms in total. The highest BCUT2D eigenvalue weighted by molar-refractivity contribution is 5.93. The van der Waals surface area contributed by atoms with Crippen LogP contribution in [0.4, 0.5) is 25.2 Å². The van der Waals surface area contributed by atoms with Gasteiger partial charge in [-0.3, -0.25) is 9.89 Å². The van der Waals surface area contributed by atoms with Crippen molar-refractivity contribution in [2.75, 3.05) is 23.9 Å². The Balaban J connectivity index is 0.00000280. The first-order valence-corrected chi connectivity index (χ1v) is 8.10. The molecule has 1 aliphatic rings. The minimum absolute atomic E-state index is 0. The summed E-state index contributed by atoms with van der Waals surface area (Å²) < 4.78 is 30.8. The molecule has 1 amide bonds. The summed E-state index contributed by atoms with van der Waals surface area (Å²) in [5, 5.41) is 3.38. The fraction of sp³-hybridized carbons (Fsp3) is 0.294. The van der Waals surface area contributed by atoms with E-state index in [9.17, 15) is 13.6 Å². The molecular formula is C17H20F2N6O2. The van der Waals surface area contributed by atoms with Gasteiger partial charge in [0.25, 0.3) is 6.43 Å². The predicted octanol–water partition coefficient (Wildman–Crippen LogP) is 2.77. The maximum atomic E-state index is 12.9. The molecule has 27 heavy (non-hydrogen) atoms. The molecule has 0 bridgehead atoms. The number of aliphatic imine (C=N–C) groups is 1. The van der Waals surface area contributed by atoms with Gasteiger partial charge in [-0.1, -0.05) is 0 Å². The third-order valence-corrected chi connectivity index (χ3v) is 3.98. The molecule has 0 saturated carbocycles. The summed E-state index contributed by atoms with van der Waals surface area (Å²) in [5.74, 6) is 0.0789. The van der Waals surface area contributed by atoms with Gasteiger partial charge in [-0.25, -0.2) is 23.5 Å². The average Bonchev–Trinajstić information content (AvgIpc) is 2.98. The lowest BCUT2D eigenvalue weighted by atomic mass is 10.2. The van der Waals surface area contributed by atoms with E-state index in [1.165, 1.54) is 18.2 Å². The van der Waals surface area contributed by atoms with Crippen LogP contribution in [0, 0.1) is 0 Å². The van der Waals surface area contributed by atoms with Crippen molar-refractivity contribution in [2.45, 2.75) is 19.4 Å². The van der Waals surface area contributed by atoms with Gasteiger partial charge >= 0.3 is 6.09 Å². The number of hydrogen-bond acceptors (Lipinski definition) is 7. The number of benzene rings is 1. The van der Waals surface area contributed by atoms with Crippen molar-refractivity contribution < 1.29 is 19.7 Å². The number of anilines is 2. The van der Waals surface area contributed by atoms with Crippen molar-refractivity contribution in [3.8, 4) is 0 Å². The number of carbonyl (C=O) groups is 1. The summed E-state index contributed by atoms with van der Waals surface area (Å²) in [6.45, 7) is 2.18.